The lowest BCUT2D eigenvalue weighted by atomic mass is 10.0. The Balaban J connectivity index is 2.65. The Hall–Kier alpha value is -3.20. The minimum atomic E-state index is -0.527. The number of nitrogens with zero attached hydrogens (tertiary/aromatic N) is 3. The fourth-order valence-electron chi connectivity index (χ4n) is 1.79. The summed E-state index contributed by atoms with van der Waals surface area (Å²) in [6.07, 6.45) is 3.06. The Morgan fingerprint density at radius 2 is 2.05 bits per heavy atom. The molecule has 20 heavy (non-hydrogen) atoms. The number of nitro groups is 1. The van der Waals surface area contributed by atoms with Gasteiger partial charge in [-0.1, -0.05) is 18.2 Å². The average molecular weight is 266 g/mol. The number of hydrogen-bond donors (Lipinski definition) is 1. The molecule has 0 bridgehead atoms. The average Bonchev–Trinajstić information content (AvgIpc) is 2.49. The zero-order chi connectivity index (χ0) is 14.5. The van der Waals surface area contributed by atoms with Crippen LogP contribution in [-0.4, -0.2) is 9.91 Å². The van der Waals surface area contributed by atoms with E-state index < -0.39 is 4.92 Å². The van der Waals surface area contributed by atoms with Crippen LogP contribution in [0.5, 0.6) is 0 Å². The van der Waals surface area contributed by atoms with Crippen molar-refractivity contribution in [1.29, 1.82) is 5.26 Å². The molecule has 6 heteroatoms. The fourth-order valence-corrected chi connectivity index (χ4v) is 1.79. The van der Waals surface area contributed by atoms with E-state index in [1.165, 1.54) is 18.3 Å². The van der Waals surface area contributed by atoms with Gasteiger partial charge in [0.25, 0.3) is 5.69 Å². The molecule has 2 rings (SSSR count). The molecule has 0 aliphatic carbocycles. The molecule has 1 aromatic carbocycles. The van der Waals surface area contributed by atoms with Crippen molar-refractivity contribution in [2.24, 2.45) is 5.73 Å². The summed E-state index contributed by atoms with van der Waals surface area (Å²) in [7, 11) is 0. The summed E-state index contributed by atoms with van der Waals surface area (Å²) in [5, 5.41) is 20.3. The Kier molecular flexibility index (Phi) is 3.72. The summed E-state index contributed by atoms with van der Waals surface area (Å²) in [5.41, 5.74) is 6.77. The molecule has 0 atom stereocenters. The minimum Gasteiger partial charge on any atom is -0.397 e. The van der Waals surface area contributed by atoms with Crippen LogP contribution in [0.1, 0.15) is 11.1 Å². The molecule has 2 aromatic rings. The third-order valence-electron chi connectivity index (χ3n) is 2.72. The van der Waals surface area contributed by atoms with Crippen LogP contribution in [-0.2, 0) is 0 Å². The van der Waals surface area contributed by atoms with Gasteiger partial charge in [0.2, 0.25) is 0 Å². The molecule has 98 valence electrons. The number of aromatic nitrogens is 1. The fraction of sp³-hybridized carbons (Fsp3) is 0. The van der Waals surface area contributed by atoms with Crippen LogP contribution in [0.3, 0.4) is 0 Å². The van der Waals surface area contributed by atoms with E-state index in [9.17, 15) is 15.4 Å². The highest BCUT2D eigenvalue weighted by molar-refractivity contribution is 5.97. The number of rotatable bonds is 3. The summed E-state index contributed by atoms with van der Waals surface area (Å²) in [6.45, 7) is 0. The molecule has 1 heterocycles. The second-order valence-electron chi connectivity index (χ2n) is 3.92. The highest BCUT2D eigenvalue weighted by atomic mass is 16.6. The van der Waals surface area contributed by atoms with Gasteiger partial charge in [0.05, 0.1) is 21.8 Å². The second-order valence-corrected chi connectivity index (χ2v) is 3.92. The van der Waals surface area contributed by atoms with Gasteiger partial charge in [0.1, 0.15) is 6.07 Å². The molecule has 0 aliphatic rings. The van der Waals surface area contributed by atoms with Gasteiger partial charge in [-0.05, 0) is 12.1 Å². The molecular weight excluding hydrogens is 256 g/mol. The number of pyridine rings is 1. The van der Waals surface area contributed by atoms with E-state index in [1.807, 2.05) is 6.07 Å². The Morgan fingerprint density at radius 3 is 2.65 bits per heavy atom. The molecule has 0 radical (unpaired) electrons. The maximum Gasteiger partial charge on any atom is 0.278 e. The van der Waals surface area contributed by atoms with Crippen molar-refractivity contribution in [3.8, 4) is 6.07 Å². The molecule has 6 nitrogen and oxygen atoms in total. The summed E-state index contributed by atoms with van der Waals surface area (Å²) in [4.78, 5) is 14.4. The van der Waals surface area contributed by atoms with Crippen molar-refractivity contribution in [3.05, 3.63) is 70.0 Å². The van der Waals surface area contributed by atoms with Crippen LogP contribution in [0, 0.1) is 21.4 Å². The quantitative estimate of drug-likeness (QED) is 0.521. The van der Waals surface area contributed by atoms with Gasteiger partial charge < -0.3 is 5.73 Å². The van der Waals surface area contributed by atoms with E-state index >= 15 is 0 Å². The highest BCUT2D eigenvalue weighted by Gasteiger charge is 2.18. The lowest BCUT2D eigenvalue weighted by Gasteiger charge is -2.06. The first-order valence-corrected chi connectivity index (χ1v) is 5.69. The van der Waals surface area contributed by atoms with Crippen LogP contribution in [0.4, 0.5) is 5.69 Å². The number of nitrogens with two attached hydrogens (primary N) is 1. The number of nitro benzene ring substituents is 1. The zero-order valence-electron chi connectivity index (χ0n) is 10.4. The first-order chi connectivity index (χ1) is 9.65. The van der Waals surface area contributed by atoms with Crippen molar-refractivity contribution < 1.29 is 4.92 Å². The van der Waals surface area contributed by atoms with Gasteiger partial charge in [-0.2, -0.15) is 5.26 Å². The molecule has 1 aromatic heterocycles. The zero-order valence-corrected chi connectivity index (χ0v) is 10.4. The monoisotopic (exact) mass is 266 g/mol. The number of nitriles is 1. The van der Waals surface area contributed by atoms with Crippen molar-refractivity contribution in [2.75, 3.05) is 0 Å². The summed E-state index contributed by atoms with van der Waals surface area (Å²) >= 11 is 0. The third-order valence-corrected chi connectivity index (χ3v) is 2.72. The summed E-state index contributed by atoms with van der Waals surface area (Å²) < 4.78 is 0. The maximum absolute atomic E-state index is 11.0. The number of benzene rings is 1. The molecule has 0 spiro atoms. The van der Waals surface area contributed by atoms with Crippen molar-refractivity contribution in [1.82, 2.24) is 4.98 Å². The minimum absolute atomic E-state index is 0.0628. The Bertz CT molecular complexity index is 717. The first-order valence-electron chi connectivity index (χ1n) is 5.69. The maximum atomic E-state index is 11.0. The largest absolute Gasteiger partial charge is 0.397 e. The van der Waals surface area contributed by atoms with Crippen molar-refractivity contribution >= 4 is 17.0 Å². The van der Waals surface area contributed by atoms with Crippen molar-refractivity contribution in [2.45, 2.75) is 0 Å². The molecular formula is C14H10N4O2. The normalized spacial score (nSPS) is 11.3. The third kappa shape index (κ3) is 2.47. The Morgan fingerprint density at radius 1 is 1.30 bits per heavy atom. The molecule has 0 unspecified atom stereocenters. The van der Waals surface area contributed by atoms with E-state index in [0.29, 0.717) is 5.56 Å². The van der Waals surface area contributed by atoms with Gasteiger partial charge in [0.15, 0.2) is 0 Å². The summed E-state index contributed by atoms with van der Waals surface area (Å²) in [5.74, 6) is 0. The van der Waals surface area contributed by atoms with Gasteiger partial charge in [-0.3, -0.25) is 15.1 Å². The van der Waals surface area contributed by atoms with Gasteiger partial charge in [-0.15, -0.1) is 0 Å². The van der Waals surface area contributed by atoms with Crippen LogP contribution < -0.4 is 5.73 Å². The van der Waals surface area contributed by atoms with Gasteiger partial charge >= 0.3 is 0 Å². The summed E-state index contributed by atoms with van der Waals surface area (Å²) in [6, 6.07) is 11.4. The molecule has 0 aliphatic heterocycles. The van der Waals surface area contributed by atoms with E-state index in [1.54, 1.807) is 30.5 Å². The number of hydrogen-bond acceptors (Lipinski definition) is 5. The van der Waals surface area contributed by atoms with Crippen LogP contribution in [0.2, 0.25) is 0 Å². The number of allylic oxidation sites excluding steroid dienone is 1. The van der Waals surface area contributed by atoms with Crippen LogP contribution in [0.15, 0.2) is 48.8 Å². The van der Waals surface area contributed by atoms with E-state index in [4.69, 9.17) is 5.73 Å². The standard InChI is InChI=1S/C14H10N4O2/c15-8-12(10-4-3-7-17-9-10)14(16)11-5-1-2-6-13(11)18(19)20/h1-7,9H,16H2/b14-12-. The predicted molar refractivity (Wildman–Crippen MR) is 73.9 cm³/mol. The second kappa shape index (κ2) is 5.63. The van der Waals surface area contributed by atoms with Gasteiger partial charge in [0, 0.05) is 24.0 Å². The molecule has 0 saturated carbocycles. The van der Waals surface area contributed by atoms with E-state index in [0.717, 1.165) is 0 Å². The SMILES string of the molecule is N#C/C(=C(/N)c1ccccc1[N+](=O)[O-])c1cccnc1. The van der Waals surface area contributed by atoms with E-state index in [2.05, 4.69) is 4.98 Å². The molecule has 0 fully saturated rings. The lowest BCUT2D eigenvalue weighted by Crippen LogP contribution is -2.04. The topological polar surface area (TPSA) is 106 Å². The molecule has 0 amide bonds. The van der Waals surface area contributed by atoms with E-state index in [-0.39, 0.29) is 22.5 Å². The predicted octanol–water partition coefficient (Wildman–Crippen LogP) is 2.34. The molecule has 0 saturated heterocycles. The highest BCUT2D eigenvalue weighted by Crippen LogP contribution is 2.28. The lowest BCUT2D eigenvalue weighted by molar-refractivity contribution is -0.385. The van der Waals surface area contributed by atoms with Crippen molar-refractivity contribution in [3.63, 3.8) is 0 Å². The Labute approximate surface area is 114 Å². The smallest absolute Gasteiger partial charge is 0.278 e. The first kappa shape index (κ1) is 13.2. The van der Waals surface area contributed by atoms with Crippen LogP contribution >= 0.6 is 0 Å². The number of para-hydroxylation sites is 1. The van der Waals surface area contributed by atoms with Gasteiger partial charge in [-0.25, -0.2) is 0 Å². The van der Waals surface area contributed by atoms with Crippen LogP contribution in [0.25, 0.3) is 11.3 Å². The molecule has 2 N–H and O–H groups in total.